The molecule has 0 aliphatic heterocycles. The third kappa shape index (κ3) is 6.05. The maximum atomic E-state index is 11.7. The molecule has 0 saturated carbocycles. The number of nitrogens with one attached hydrogen (secondary N) is 1. The van der Waals surface area contributed by atoms with Crippen molar-refractivity contribution in [3.63, 3.8) is 0 Å². The fourth-order valence-corrected chi connectivity index (χ4v) is 1.51. The molecule has 1 aromatic rings. The van der Waals surface area contributed by atoms with Crippen LogP contribution in [0.3, 0.4) is 0 Å². The van der Waals surface area contributed by atoms with E-state index in [1.54, 1.807) is 12.1 Å². The first-order valence-electron chi connectivity index (χ1n) is 6.38. The Kier molecular flexibility index (Phi) is 6.35. The number of hydrogen-bond acceptors (Lipinski definition) is 5. The van der Waals surface area contributed by atoms with E-state index in [1.807, 2.05) is 18.2 Å². The Morgan fingerprint density at radius 2 is 1.90 bits per heavy atom. The van der Waals surface area contributed by atoms with E-state index >= 15 is 0 Å². The summed E-state index contributed by atoms with van der Waals surface area (Å²) in [5.74, 6) is -2.51. The van der Waals surface area contributed by atoms with Gasteiger partial charge < -0.3 is 20.9 Å². The largest absolute Gasteiger partial charge is 0.481 e. The van der Waals surface area contributed by atoms with Crippen molar-refractivity contribution in [2.75, 3.05) is 0 Å². The van der Waals surface area contributed by atoms with Gasteiger partial charge in [0.05, 0.1) is 12.5 Å². The zero-order valence-corrected chi connectivity index (χ0v) is 11.6. The van der Waals surface area contributed by atoms with Crippen molar-refractivity contribution in [2.24, 2.45) is 5.73 Å². The van der Waals surface area contributed by atoms with Gasteiger partial charge in [0.25, 0.3) is 0 Å². The van der Waals surface area contributed by atoms with E-state index in [0.717, 1.165) is 5.56 Å². The molecule has 0 saturated heterocycles. The lowest BCUT2D eigenvalue weighted by Gasteiger charge is -2.16. The number of nitrogens with two attached hydrogens (primary N) is 1. The zero-order valence-electron chi connectivity index (χ0n) is 11.6. The van der Waals surface area contributed by atoms with Crippen molar-refractivity contribution in [3.8, 4) is 0 Å². The number of carboxylic acid groups (broad SMARTS) is 1. The Balaban J connectivity index is 2.40. The third-order valence-electron chi connectivity index (χ3n) is 2.67. The van der Waals surface area contributed by atoms with Crippen LogP contribution in [0, 0.1) is 0 Å². The molecule has 0 unspecified atom stereocenters. The molecule has 0 radical (unpaired) electrons. The van der Waals surface area contributed by atoms with E-state index in [-0.39, 0.29) is 6.61 Å². The van der Waals surface area contributed by atoms with E-state index in [9.17, 15) is 14.4 Å². The van der Waals surface area contributed by atoms with Crippen LogP contribution < -0.4 is 11.1 Å². The predicted octanol–water partition coefficient (Wildman–Crippen LogP) is 0.0365. The molecular formula is C14H18N2O5. The maximum absolute atomic E-state index is 11.7. The molecule has 4 N–H and O–H groups in total. The Bertz CT molecular complexity index is 503. The second-order valence-electron chi connectivity index (χ2n) is 4.53. The number of carboxylic acids is 1. The van der Waals surface area contributed by atoms with Gasteiger partial charge in [-0.3, -0.25) is 9.59 Å². The van der Waals surface area contributed by atoms with Gasteiger partial charge >= 0.3 is 11.9 Å². The van der Waals surface area contributed by atoms with Crippen LogP contribution in [0.1, 0.15) is 18.9 Å². The van der Waals surface area contributed by atoms with Crippen molar-refractivity contribution in [1.29, 1.82) is 0 Å². The van der Waals surface area contributed by atoms with Crippen LogP contribution in [0.2, 0.25) is 0 Å². The monoisotopic (exact) mass is 294 g/mol. The highest BCUT2D eigenvalue weighted by atomic mass is 16.5. The lowest BCUT2D eigenvalue weighted by molar-refractivity contribution is -0.148. The summed E-state index contributed by atoms with van der Waals surface area (Å²) in [7, 11) is 0. The third-order valence-corrected chi connectivity index (χ3v) is 2.67. The standard InChI is InChI=1S/C14H18N2O5/c1-9(16-13(19)11(15)7-12(17)18)14(20)21-8-10-5-3-2-4-6-10/h2-6,9,11H,7-8,15H2,1H3,(H,16,19)(H,17,18)/t9-,11+/m1/s1. The smallest absolute Gasteiger partial charge is 0.328 e. The first kappa shape index (κ1) is 16.6. The number of esters is 1. The Morgan fingerprint density at radius 1 is 1.29 bits per heavy atom. The molecule has 21 heavy (non-hydrogen) atoms. The summed E-state index contributed by atoms with van der Waals surface area (Å²) >= 11 is 0. The van der Waals surface area contributed by atoms with Crippen LogP contribution in [0.25, 0.3) is 0 Å². The number of hydrogen-bond donors (Lipinski definition) is 3. The summed E-state index contributed by atoms with van der Waals surface area (Å²) < 4.78 is 5.04. The Labute approximate surface area is 122 Å². The SMILES string of the molecule is C[C@@H](NC(=O)[C@@H](N)CC(=O)O)C(=O)OCc1ccccc1. The van der Waals surface area contributed by atoms with Gasteiger partial charge in [-0.1, -0.05) is 30.3 Å². The van der Waals surface area contributed by atoms with Crippen LogP contribution in [-0.4, -0.2) is 35.0 Å². The number of aliphatic carboxylic acids is 1. The van der Waals surface area contributed by atoms with E-state index in [4.69, 9.17) is 15.6 Å². The van der Waals surface area contributed by atoms with Crippen LogP contribution >= 0.6 is 0 Å². The minimum absolute atomic E-state index is 0.0983. The molecule has 0 heterocycles. The van der Waals surface area contributed by atoms with Gasteiger partial charge in [-0.2, -0.15) is 0 Å². The molecule has 0 aliphatic carbocycles. The highest BCUT2D eigenvalue weighted by molar-refractivity contribution is 5.89. The van der Waals surface area contributed by atoms with Gasteiger partial charge in [0, 0.05) is 0 Å². The molecule has 1 amide bonds. The average Bonchev–Trinajstić information content (AvgIpc) is 2.44. The molecule has 7 nitrogen and oxygen atoms in total. The number of amides is 1. The quantitative estimate of drug-likeness (QED) is 0.611. The minimum atomic E-state index is -1.20. The van der Waals surface area contributed by atoms with Crippen molar-refractivity contribution >= 4 is 17.8 Å². The second-order valence-corrected chi connectivity index (χ2v) is 4.53. The summed E-state index contributed by atoms with van der Waals surface area (Å²) in [6, 6.07) is 6.99. The Morgan fingerprint density at radius 3 is 2.48 bits per heavy atom. The molecule has 0 bridgehead atoms. The topological polar surface area (TPSA) is 119 Å². The van der Waals surface area contributed by atoms with Crippen LogP contribution in [0.15, 0.2) is 30.3 Å². The summed E-state index contributed by atoms with van der Waals surface area (Å²) in [6.45, 7) is 1.54. The Hall–Kier alpha value is -2.41. The number of ether oxygens (including phenoxy) is 1. The summed E-state index contributed by atoms with van der Waals surface area (Å²) in [4.78, 5) is 33.7. The lowest BCUT2D eigenvalue weighted by Crippen LogP contribution is -2.48. The first-order chi connectivity index (χ1) is 9.90. The van der Waals surface area contributed by atoms with Gasteiger partial charge in [0.2, 0.25) is 5.91 Å². The van der Waals surface area contributed by atoms with Gasteiger partial charge in [-0.05, 0) is 12.5 Å². The first-order valence-corrected chi connectivity index (χ1v) is 6.38. The summed E-state index contributed by atoms with van der Waals surface area (Å²) in [5, 5.41) is 10.9. The minimum Gasteiger partial charge on any atom is -0.481 e. The highest BCUT2D eigenvalue weighted by Gasteiger charge is 2.22. The molecule has 0 spiro atoms. The van der Waals surface area contributed by atoms with Crippen LogP contribution in [-0.2, 0) is 25.7 Å². The average molecular weight is 294 g/mol. The van der Waals surface area contributed by atoms with Crippen molar-refractivity contribution in [3.05, 3.63) is 35.9 Å². The number of benzene rings is 1. The predicted molar refractivity (Wildman–Crippen MR) is 74.1 cm³/mol. The number of rotatable bonds is 7. The van der Waals surface area contributed by atoms with E-state index in [2.05, 4.69) is 5.32 Å². The summed E-state index contributed by atoms with van der Waals surface area (Å²) in [6.07, 6.45) is -0.502. The molecule has 1 rings (SSSR count). The normalized spacial score (nSPS) is 13.0. The van der Waals surface area contributed by atoms with E-state index in [0.29, 0.717) is 0 Å². The molecule has 2 atom stereocenters. The van der Waals surface area contributed by atoms with Gasteiger partial charge in [0.15, 0.2) is 0 Å². The fourth-order valence-electron chi connectivity index (χ4n) is 1.51. The molecule has 0 aromatic heterocycles. The number of carbonyl (C=O) groups is 3. The fraction of sp³-hybridized carbons (Fsp3) is 0.357. The van der Waals surface area contributed by atoms with Gasteiger partial charge in [0.1, 0.15) is 12.6 Å². The zero-order chi connectivity index (χ0) is 15.8. The molecule has 0 aliphatic rings. The highest BCUT2D eigenvalue weighted by Crippen LogP contribution is 2.02. The molecule has 114 valence electrons. The van der Waals surface area contributed by atoms with E-state index < -0.39 is 36.4 Å². The van der Waals surface area contributed by atoms with E-state index in [1.165, 1.54) is 6.92 Å². The number of carbonyl (C=O) groups excluding carboxylic acids is 2. The van der Waals surface area contributed by atoms with Crippen molar-refractivity contribution in [2.45, 2.75) is 32.0 Å². The van der Waals surface area contributed by atoms with Gasteiger partial charge in [-0.25, -0.2) is 4.79 Å². The molecule has 1 aromatic carbocycles. The lowest BCUT2D eigenvalue weighted by atomic mass is 10.2. The maximum Gasteiger partial charge on any atom is 0.328 e. The molecule has 7 heteroatoms. The second kappa shape index (κ2) is 8.01. The van der Waals surface area contributed by atoms with Crippen LogP contribution in [0.5, 0.6) is 0 Å². The molecular weight excluding hydrogens is 276 g/mol. The van der Waals surface area contributed by atoms with Crippen molar-refractivity contribution in [1.82, 2.24) is 5.32 Å². The summed E-state index contributed by atoms with van der Waals surface area (Å²) in [5.41, 5.74) is 6.21. The van der Waals surface area contributed by atoms with Crippen molar-refractivity contribution < 1.29 is 24.2 Å². The molecule has 0 fully saturated rings. The van der Waals surface area contributed by atoms with Gasteiger partial charge in [-0.15, -0.1) is 0 Å². The van der Waals surface area contributed by atoms with Crippen LogP contribution in [0.4, 0.5) is 0 Å².